The molecule has 0 bridgehead atoms. The molecule has 2 aliphatic carbocycles. The number of amides is 1. The normalized spacial score (nSPS) is 21.1. The number of ether oxygens (including phenoxy) is 2. The summed E-state index contributed by atoms with van der Waals surface area (Å²) in [5.41, 5.74) is 2.68. The minimum Gasteiger partial charge on any atom is -0.481 e. The van der Waals surface area contributed by atoms with Crippen molar-refractivity contribution in [2.45, 2.75) is 71.1 Å². The summed E-state index contributed by atoms with van der Waals surface area (Å²) in [6.45, 7) is 3.93. The molecule has 34 heavy (non-hydrogen) atoms. The number of carbonyl (C=O) groups is 2. The first kappa shape index (κ1) is 24.0. The summed E-state index contributed by atoms with van der Waals surface area (Å²) >= 11 is 0. The van der Waals surface area contributed by atoms with Gasteiger partial charge >= 0.3 is 12.1 Å². The molecule has 2 fully saturated rings. The zero-order valence-electron chi connectivity index (χ0n) is 20.2. The molecular weight excluding hydrogens is 438 g/mol. The molecule has 0 saturated heterocycles. The van der Waals surface area contributed by atoms with Crippen molar-refractivity contribution in [2.75, 3.05) is 7.05 Å². The Bertz CT molecular complexity index is 1050. The van der Waals surface area contributed by atoms with Crippen molar-refractivity contribution < 1.29 is 24.2 Å². The molecular formula is C24H33N5O5. The van der Waals surface area contributed by atoms with Gasteiger partial charge in [0.1, 0.15) is 18.4 Å². The lowest BCUT2D eigenvalue weighted by atomic mass is 9.87. The fraction of sp³-hybridized carbons (Fsp3) is 0.625. The summed E-state index contributed by atoms with van der Waals surface area (Å²) in [5, 5.41) is 13.6. The van der Waals surface area contributed by atoms with Gasteiger partial charge in [-0.1, -0.05) is 0 Å². The standard InChI is InChI=1S/C24H33N5O5/c1-14-22(34-18-7-5-6-17(10-18)23(30)31)25-12-20(27-14)19-11-26-29(4)21(19)13-33-24(32)28(3)15(2)16-8-9-16/h11-12,15-18H,5-10,13H2,1-4H3,(H,30,31)/t15-,17+,18+/m1/s1. The van der Waals surface area contributed by atoms with Crippen molar-refractivity contribution in [1.29, 1.82) is 0 Å². The van der Waals surface area contributed by atoms with E-state index in [4.69, 9.17) is 9.47 Å². The zero-order valence-corrected chi connectivity index (χ0v) is 20.2. The maximum atomic E-state index is 12.5. The Labute approximate surface area is 199 Å². The van der Waals surface area contributed by atoms with E-state index in [1.807, 2.05) is 13.8 Å². The highest BCUT2D eigenvalue weighted by Crippen LogP contribution is 2.35. The molecule has 184 valence electrons. The van der Waals surface area contributed by atoms with Gasteiger partial charge in [0.25, 0.3) is 0 Å². The number of aliphatic carboxylic acids is 1. The quantitative estimate of drug-likeness (QED) is 0.620. The van der Waals surface area contributed by atoms with Crippen LogP contribution in [0.15, 0.2) is 12.4 Å². The molecule has 1 amide bonds. The highest BCUT2D eigenvalue weighted by Gasteiger charge is 2.33. The number of hydrogen-bond donors (Lipinski definition) is 1. The molecule has 10 heteroatoms. The Morgan fingerprint density at radius 2 is 2.03 bits per heavy atom. The van der Waals surface area contributed by atoms with Crippen LogP contribution in [0.1, 0.15) is 56.8 Å². The van der Waals surface area contributed by atoms with Crippen molar-refractivity contribution in [3.63, 3.8) is 0 Å². The van der Waals surface area contributed by atoms with E-state index in [2.05, 4.69) is 15.1 Å². The van der Waals surface area contributed by atoms with Crippen LogP contribution in [0, 0.1) is 18.8 Å². The molecule has 4 rings (SSSR count). The smallest absolute Gasteiger partial charge is 0.410 e. The second-order valence-corrected chi connectivity index (χ2v) is 9.46. The fourth-order valence-electron chi connectivity index (χ4n) is 4.49. The number of carboxylic acid groups (broad SMARTS) is 1. The van der Waals surface area contributed by atoms with E-state index in [0.29, 0.717) is 36.0 Å². The van der Waals surface area contributed by atoms with Crippen LogP contribution in [0.2, 0.25) is 0 Å². The Kier molecular flexibility index (Phi) is 7.04. The molecule has 3 atom stereocenters. The number of carbonyl (C=O) groups excluding carboxylic acids is 1. The summed E-state index contributed by atoms with van der Waals surface area (Å²) in [6.07, 6.45) is 7.85. The van der Waals surface area contributed by atoms with E-state index in [0.717, 1.165) is 36.9 Å². The predicted octanol–water partition coefficient (Wildman–Crippen LogP) is 3.57. The summed E-state index contributed by atoms with van der Waals surface area (Å²) in [7, 11) is 3.57. The number of hydrogen-bond acceptors (Lipinski definition) is 7. The minimum absolute atomic E-state index is 0.0734. The van der Waals surface area contributed by atoms with Gasteiger partial charge in [0.05, 0.1) is 29.7 Å². The molecule has 0 unspecified atom stereocenters. The van der Waals surface area contributed by atoms with E-state index in [1.165, 1.54) is 0 Å². The first-order chi connectivity index (χ1) is 16.2. The third-order valence-electron chi connectivity index (χ3n) is 7.03. The maximum absolute atomic E-state index is 12.5. The van der Waals surface area contributed by atoms with Crippen LogP contribution in [-0.4, -0.2) is 61.0 Å². The van der Waals surface area contributed by atoms with Gasteiger partial charge in [-0.2, -0.15) is 5.10 Å². The van der Waals surface area contributed by atoms with E-state index < -0.39 is 5.97 Å². The Morgan fingerprint density at radius 1 is 1.26 bits per heavy atom. The van der Waals surface area contributed by atoms with E-state index in [9.17, 15) is 14.7 Å². The second kappa shape index (κ2) is 9.99. The third kappa shape index (κ3) is 5.31. The lowest BCUT2D eigenvalue weighted by Gasteiger charge is -2.27. The minimum atomic E-state index is -0.774. The average molecular weight is 472 g/mol. The fourth-order valence-corrected chi connectivity index (χ4v) is 4.49. The number of aromatic nitrogens is 4. The van der Waals surface area contributed by atoms with Crippen LogP contribution in [0.25, 0.3) is 11.3 Å². The molecule has 2 aromatic rings. The molecule has 2 saturated carbocycles. The van der Waals surface area contributed by atoms with Crippen molar-refractivity contribution in [3.05, 3.63) is 23.8 Å². The van der Waals surface area contributed by atoms with Crippen LogP contribution in [0.5, 0.6) is 5.88 Å². The largest absolute Gasteiger partial charge is 0.481 e. The Morgan fingerprint density at radius 3 is 2.71 bits per heavy atom. The Hall–Kier alpha value is -3.17. The zero-order chi connectivity index (χ0) is 24.4. The van der Waals surface area contributed by atoms with E-state index >= 15 is 0 Å². The summed E-state index contributed by atoms with van der Waals surface area (Å²) < 4.78 is 13.3. The molecule has 0 radical (unpaired) electrons. The number of carboxylic acids is 1. The molecule has 0 aromatic carbocycles. The third-order valence-corrected chi connectivity index (χ3v) is 7.03. The average Bonchev–Trinajstić information content (AvgIpc) is 3.61. The number of nitrogens with zero attached hydrogens (tertiary/aromatic N) is 5. The molecule has 10 nitrogen and oxygen atoms in total. The second-order valence-electron chi connectivity index (χ2n) is 9.46. The summed E-state index contributed by atoms with van der Waals surface area (Å²) in [5.74, 6) is -0.178. The predicted molar refractivity (Wildman–Crippen MR) is 123 cm³/mol. The van der Waals surface area contributed by atoms with Crippen molar-refractivity contribution >= 4 is 12.1 Å². The number of rotatable bonds is 8. The van der Waals surface area contributed by atoms with Gasteiger partial charge < -0.3 is 19.5 Å². The van der Waals surface area contributed by atoms with Crippen molar-refractivity contribution in [1.82, 2.24) is 24.6 Å². The van der Waals surface area contributed by atoms with Gasteiger partial charge in [0.2, 0.25) is 5.88 Å². The lowest BCUT2D eigenvalue weighted by molar-refractivity contribution is -0.143. The van der Waals surface area contributed by atoms with E-state index in [-0.39, 0.29) is 30.8 Å². The maximum Gasteiger partial charge on any atom is 0.410 e. The lowest BCUT2D eigenvalue weighted by Crippen LogP contribution is -2.36. The van der Waals surface area contributed by atoms with Gasteiger partial charge in [-0.15, -0.1) is 0 Å². The van der Waals surface area contributed by atoms with Gasteiger partial charge in [-0.05, 0) is 58.3 Å². The first-order valence-corrected chi connectivity index (χ1v) is 11.9. The highest BCUT2D eigenvalue weighted by molar-refractivity contribution is 5.70. The Balaban J connectivity index is 1.43. The summed E-state index contributed by atoms with van der Waals surface area (Å²) in [6, 6.07) is 0.162. The molecule has 0 aliphatic heterocycles. The highest BCUT2D eigenvalue weighted by atomic mass is 16.6. The molecule has 2 heterocycles. The van der Waals surface area contributed by atoms with Crippen molar-refractivity contribution in [3.8, 4) is 17.1 Å². The van der Waals surface area contributed by atoms with Gasteiger partial charge in [0, 0.05) is 25.7 Å². The van der Waals surface area contributed by atoms with Gasteiger partial charge in [0.15, 0.2) is 0 Å². The SMILES string of the molecule is Cc1nc(-c2cnn(C)c2COC(=O)N(C)[C@H](C)C2CC2)cnc1O[C@H]1CCC[C@H](C(=O)O)C1. The number of aryl methyl sites for hydroxylation is 2. The first-order valence-electron chi connectivity index (χ1n) is 11.9. The van der Waals surface area contributed by atoms with Crippen LogP contribution in [0.4, 0.5) is 4.79 Å². The molecule has 2 aliphatic rings. The van der Waals surface area contributed by atoms with E-state index in [1.54, 1.807) is 36.1 Å². The van der Waals surface area contributed by atoms with Crippen LogP contribution >= 0.6 is 0 Å². The monoisotopic (exact) mass is 471 g/mol. The molecule has 0 spiro atoms. The topological polar surface area (TPSA) is 120 Å². The van der Waals surface area contributed by atoms with Crippen molar-refractivity contribution in [2.24, 2.45) is 18.9 Å². The van der Waals surface area contributed by atoms with Crippen LogP contribution in [0.3, 0.4) is 0 Å². The van der Waals surface area contributed by atoms with Crippen LogP contribution < -0.4 is 4.74 Å². The summed E-state index contributed by atoms with van der Waals surface area (Å²) in [4.78, 5) is 34.6. The van der Waals surface area contributed by atoms with Crippen LogP contribution in [-0.2, 0) is 23.2 Å². The molecule has 2 aromatic heterocycles. The van der Waals surface area contributed by atoms with Gasteiger partial charge in [-0.25, -0.2) is 14.8 Å². The van der Waals surface area contributed by atoms with Gasteiger partial charge in [-0.3, -0.25) is 9.48 Å². The molecule has 1 N–H and O–H groups in total.